The molecular formula is C20H24BrNO. The fraction of sp³-hybridized carbons (Fsp3) is 0.400. The Morgan fingerprint density at radius 2 is 1.96 bits per heavy atom. The van der Waals surface area contributed by atoms with E-state index in [0.717, 1.165) is 42.1 Å². The molecule has 2 aromatic carbocycles. The van der Waals surface area contributed by atoms with Crippen LogP contribution >= 0.6 is 15.9 Å². The summed E-state index contributed by atoms with van der Waals surface area (Å²) in [5, 5.41) is 3.46. The lowest BCUT2D eigenvalue weighted by atomic mass is 9.97. The minimum atomic E-state index is 0.764. The molecular weight excluding hydrogens is 350 g/mol. The van der Waals surface area contributed by atoms with Crippen LogP contribution in [0.25, 0.3) is 0 Å². The van der Waals surface area contributed by atoms with Gasteiger partial charge in [-0.25, -0.2) is 0 Å². The van der Waals surface area contributed by atoms with Gasteiger partial charge in [0.25, 0.3) is 0 Å². The van der Waals surface area contributed by atoms with Crippen molar-refractivity contribution in [3.8, 4) is 5.75 Å². The molecule has 1 aliphatic rings. The Hall–Kier alpha value is -1.32. The van der Waals surface area contributed by atoms with E-state index >= 15 is 0 Å². The van der Waals surface area contributed by atoms with Gasteiger partial charge in [-0.1, -0.05) is 36.4 Å². The lowest BCUT2D eigenvalue weighted by Crippen LogP contribution is -2.30. The topological polar surface area (TPSA) is 21.3 Å². The summed E-state index contributed by atoms with van der Waals surface area (Å²) in [6.45, 7) is 3.11. The van der Waals surface area contributed by atoms with Gasteiger partial charge in [0.1, 0.15) is 5.75 Å². The maximum atomic E-state index is 5.97. The van der Waals surface area contributed by atoms with Gasteiger partial charge in [0.05, 0.1) is 11.1 Å². The first-order chi connectivity index (χ1) is 11.3. The van der Waals surface area contributed by atoms with Gasteiger partial charge in [0.15, 0.2) is 0 Å². The molecule has 0 spiro atoms. The Labute approximate surface area is 147 Å². The van der Waals surface area contributed by atoms with Crippen molar-refractivity contribution in [2.75, 3.05) is 19.7 Å². The molecule has 122 valence electrons. The van der Waals surface area contributed by atoms with Crippen molar-refractivity contribution in [2.45, 2.75) is 25.7 Å². The van der Waals surface area contributed by atoms with Crippen molar-refractivity contribution in [2.24, 2.45) is 5.92 Å². The van der Waals surface area contributed by atoms with Crippen molar-refractivity contribution in [1.29, 1.82) is 0 Å². The normalized spacial score (nSPS) is 17.9. The Bertz CT molecular complexity index is 608. The minimum absolute atomic E-state index is 0.764. The molecule has 0 aliphatic carbocycles. The van der Waals surface area contributed by atoms with Crippen LogP contribution in [0.3, 0.4) is 0 Å². The van der Waals surface area contributed by atoms with Crippen LogP contribution in [0.4, 0.5) is 0 Å². The summed E-state index contributed by atoms with van der Waals surface area (Å²) in [6, 6.07) is 17.0. The molecule has 1 unspecified atom stereocenters. The second kappa shape index (κ2) is 8.51. The summed E-state index contributed by atoms with van der Waals surface area (Å²) >= 11 is 3.65. The monoisotopic (exact) mass is 373 g/mol. The van der Waals surface area contributed by atoms with Gasteiger partial charge in [-0.15, -0.1) is 0 Å². The average molecular weight is 374 g/mol. The summed E-state index contributed by atoms with van der Waals surface area (Å²) in [5.74, 6) is 1.71. The van der Waals surface area contributed by atoms with E-state index in [0.29, 0.717) is 0 Å². The quantitative estimate of drug-likeness (QED) is 0.784. The molecule has 0 aromatic heterocycles. The zero-order valence-electron chi connectivity index (χ0n) is 13.4. The first kappa shape index (κ1) is 16.5. The van der Waals surface area contributed by atoms with Crippen molar-refractivity contribution in [1.82, 2.24) is 5.32 Å². The fourth-order valence-corrected chi connectivity index (χ4v) is 3.65. The van der Waals surface area contributed by atoms with E-state index in [-0.39, 0.29) is 0 Å². The first-order valence-corrected chi connectivity index (χ1v) is 9.26. The van der Waals surface area contributed by atoms with Crippen LogP contribution < -0.4 is 10.1 Å². The van der Waals surface area contributed by atoms with Gasteiger partial charge in [0.2, 0.25) is 0 Å². The molecule has 23 heavy (non-hydrogen) atoms. The third-order valence-corrected chi connectivity index (χ3v) is 5.05. The van der Waals surface area contributed by atoms with Gasteiger partial charge < -0.3 is 10.1 Å². The Kier molecular flexibility index (Phi) is 6.12. The number of hydrogen-bond donors (Lipinski definition) is 1. The lowest BCUT2D eigenvalue weighted by Gasteiger charge is -2.22. The second-order valence-electron chi connectivity index (χ2n) is 6.28. The Balaban J connectivity index is 1.52. The van der Waals surface area contributed by atoms with Crippen molar-refractivity contribution < 1.29 is 4.74 Å². The van der Waals surface area contributed by atoms with Gasteiger partial charge in [0, 0.05) is 0 Å². The number of rotatable bonds is 6. The van der Waals surface area contributed by atoms with Gasteiger partial charge in [-0.3, -0.25) is 0 Å². The largest absolute Gasteiger partial charge is 0.492 e. The molecule has 2 nitrogen and oxygen atoms in total. The van der Waals surface area contributed by atoms with E-state index in [1.165, 1.54) is 30.5 Å². The van der Waals surface area contributed by atoms with E-state index in [1.54, 1.807) is 0 Å². The van der Waals surface area contributed by atoms with Gasteiger partial charge >= 0.3 is 0 Å². The molecule has 1 N–H and O–H groups in total. The zero-order chi connectivity index (χ0) is 15.9. The predicted octanol–water partition coefficient (Wildman–Crippen LogP) is 4.81. The first-order valence-electron chi connectivity index (χ1n) is 8.47. The Morgan fingerprint density at radius 1 is 1.09 bits per heavy atom. The molecule has 3 heteroatoms. The van der Waals surface area contributed by atoms with E-state index in [2.05, 4.69) is 69.8 Å². The Morgan fingerprint density at radius 3 is 2.70 bits per heavy atom. The molecule has 3 rings (SSSR count). The second-order valence-corrected chi connectivity index (χ2v) is 7.13. The van der Waals surface area contributed by atoms with Crippen LogP contribution in [0.15, 0.2) is 53.0 Å². The van der Waals surface area contributed by atoms with E-state index in [4.69, 9.17) is 4.74 Å². The summed E-state index contributed by atoms with van der Waals surface area (Å²) in [4.78, 5) is 0. The van der Waals surface area contributed by atoms with E-state index in [1.807, 2.05) is 0 Å². The van der Waals surface area contributed by atoms with Gasteiger partial charge in [-0.2, -0.15) is 0 Å². The fourth-order valence-electron chi connectivity index (χ4n) is 3.11. The van der Waals surface area contributed by atoms with Crippen LogP contribution in [0.1, 0.15) is 30.4 Å². The molecule has 1 atom stereocenters. The highest BCUT2D eigenvalue weighted by molar-refractivity contribution is 9.10. The number of halogens is 1. The number of ether oxygens (including phenoxy) is 1. The van der Waals surface area contributed by atoms with E-state index in [9.17, 15) is 0 Å². The smallest absolute Gasteiger partial charge is 0.133 e. The molecule has 1 heterocycles. The SMILES string of the molecule is Brc1cc(Cc2ccccc2)ccc1OCCC1CCCNC1. The van der Waals surface area contributed by atoms with Crippen LogP contribution in [-0.2, 0) is 6.42 Å². The third kappa shape index (κ3) is 5.08. The van der Waals surface area contributed by atoms with Crippen LogP contribution in [0, 0.1) is 5.92 Å². The van der Waals surface area contributed by atoms with Crippen LogP contribution in [-0.4, -0.2) is 19.7 Å². The van der Waals surface area contributed by atoms with Crippen LogP contribution in [0.5, 0.6) is 5.75 Å². The third-order valence-electron chi connectivity index (χ3n) is 4.43. The highest BCUT2D eigenvalue weighted by Crippen LogP contribution is 2.27. The number of piperidine rings is 1. The summed E-state index contributed by atoms with van der Waals surface area (Å²) < 4.78 is 7.02. The molecule has 0 bridgehead atoms. The maximum Gasteiger partial charge on any atom is 0.133 e. The maximum absolute atomic E-state index is 5.97. The average Bonchev–Trinajstić information content (AvgIpc) is 2.59. The van der Waals surface area contributed by atoms with Gasteiger partial charge in [-0.05, 0) is 83.9 Å². The summed E-state index contributed by atoms with van der Waals surface area (Å²) in [7, 11) is 0. The van der Waals surface area contributed by atoms with Crippen molar-refractivity contribution >= 4 is 15.9 Å². The molecule has 0 radical (unpaired) electrons. The number of benzene rings is 2. The minimum Gasteiger partial charge on any atom is -0.492 e. The highest BCUT2D eigenvalue weighted by Gasteiger charge is 2.13. The highest BCUT2D eigenvalue weighted by atomic mass is 79.9. The van der Waals surface area contributed by atoms with Crippen molar-refractivity contribution in [3.05, 3.63) is 64.1 Å². The molecule has 1 fully saturated rings. The molecule has 0 saturated carbocycles. The molecule has 0 amide bonds. The molecule has 2 aromatic rings. The van der Waals surface area contributed by atoms with E-state index < -0.39 is 0 Å². The standard InChI is InChI=1S/C20H24BrNO/c21-19-14-18(13-16-5-2-1-3-6-16)8-9-20(19)23-12-10-17-7-4-11-22-15-17/h1-3,5-6,8-9,14,17,22H,4,7,10-13,15H2. The van der Waals surface area contributed by atoms with Crippen LogP contribution in [0.2, 0.25) is 0 Å². The summed E-state index contributed by atoms with van der Waals surface area (Å²) in [5.41, 5.74) is 2.63. The number of nitrogens with one attached hydrogen (secondary N) is 1. The van der Waals surface area contributed by atoms with Crippen molar-refractivity contribution in [3.63, 3.8) is 0 Å². The molecule has 1 saturated heterocycles. The lowest BCUT2D eigenvalue weighted by molar-refractivity contribution is 0.253. The molecule has 1 aliphatic heterocycles. The predicted molar refractivity (Wildman–Crippen MR) is 99.1 cm³/mol. The number of hydrogen-bond acceptors (Lipinski definition) is 2. The zero-order valence-corrected chi connectivity index (χ0v) is 15.0. The summed E-state index contributed by atoms with van der Waals surface area (Å²) in [6.07, 6.45) is 4.70.